The summed E-state index contributed by atoms with van der Waals surface area (Å²) in [5, 5.41) is 6.90. The number of hydrogen-bond donors (Lipinski definition) is 4. The van der Waals surface area contributed by atoms with Gasteiger partial charge in [0, 0.05) is 18.4 Å². The molecule has 1 aliphatic rings. The molecule has 2 aromatic heterocycles. The fourth-order valence-electron chi connectivity index (χ4n) is 4.86. The largest absolute Gasteiger partial charge is 0.495 e. The van der Waals surface area contributed by atoms with Crippen molar-refractivity contribution < 1.29 is 18.7 Å². The van der Waals surface area contributed by atoms with Crippen LogP contribution in [0.25, 0.3) is 11.0 Å². The van der Waals surface area contributed by atoms with Crippen LogP contribution in [-0.2, 0) is 11.2 Å². The van der Waals surface area contributed by atoms with Gasteiger partial charge in [-0.1, -0.05) is 18.9 Å². The molecule has 11 nitrogen and oxygen atoms in total. The highest BCUT2D eigenvalue weighted by atomic mass is 32.1. The molecule has 0 saturated carbocycles. The number of ether oxygens (including phenoxy) is 1. The highest BCUT2D eigenvalue weighted by Gasteiger charge is 2.27. The monoisotopic (exact) mass is 564 g/mol. The van der Waals surface area contributed by atoms with Gasteiger partial charge in [0.05, 0.1) is 36.0 Å². The lowest BCUT2D eigenvalue weighted by Crippen LogP contribution is -2.36. The second-order valence-electron chi connectivity index (χ2n) is 9.74. The molecule has 0 bridgehead atoms. The van der Waals surface area contributed by atoms with Crippen molar-refractivity contribution in [2.45, 2.75) is 13.3 Å². The summed E-state index contributed by atoms with van der Waals surface area (Å²) >= 11 is 4.50. The van der Waals surface area contributed by atoms with Crippen LogP contribution in [0.4, 0.5) is 33.2 Å². The summed E-state index contributed by atoms with van der Waals surface area (Å²) in [5.74, 6) is -0.619. The van der Waals surface area contributed by atoms with Crippen LogP contribution in [0.1, 0.15) is 21.5 Å². The van der Waals surface area contributed by atoms with Crippen LogP contribution in [0.2, 0.25) is 0 Å². The maximum atomic E-state index is 14.5. The summed E-state index contributed by atoms with van der Waals surface area (Å²) in [4.78, 5) is 37.8. The molecule has 4 N–H and O–H groups in total. The van der Waals surface area contributed by atoms with Crippen molar-refractivity contribution in [3.63, 3.8) is 0 Å². The molecular weight excluding hydrogens is 535 g/mol. The van der Waals surface area contributed by atoms with Crippen LogP contribution < -0.4 is 26.0 Å². The number of nitrogens with one attached hydrogen (secondary N) is 2. The van der Waals surface area contributed by atoms with E-state index < -0.39 is 11.7 Å². The first kappa shape index (κ1) is 27.2. The molecule has 2 amide bonds. The van der Waals surface area contributed by atoms with E-state index in [1.807, 2.05) is 38.1 Å². The van der Waals surface area contributed by atoms with Gasteiger partial charge in [-0.05, 0) is 62.8 Å². The van der Waals surface area contributed by atoms with Gasteiger partial charge in [-0.25, -0.2) is 4.39 Å². The smallest absolute Gasteiger partial charge is 0.253 e. The number of carbonyl (C=O) groups excluding carboxylic acids is 2. The number of halogens is 1. The standard InChI is InChI=1S/C27H29FN8O3S/c1-14-12-36(40)26-22(14)25(30-17-7-5-6-16(28)23(17)24(29)38)32-27(33-26)31-18-11-19-15(10-20(18)39-4)8-9-35(19)21(37)13-34(2)3/h5-7,10-12,40H,8-9,13H2,1-4H3,(H2,29,38)(H2,30,31,32,33). The Kier molecular flexibility index (Phi) is 7.25. The Morgan fingerprint density at radius 2 is 1.98 bits per heavy atom. The van der Waals surface area contributed by atoms with Crippen LogP contribution >= 0.6 is 12.8 Å². The Bertz CT molecular complexity index is 1660. The number of primary amides is 1. The first-order chi connectivity index (χ1) is 19.1. The molecule has 0 unspecified atom stereocenters. The van der Waals surface area contributed by atoms with Crippen molar-refractivity contribution in [3.8, 4) is 5.75 Å². The summed E-state index contributed by atoms with van der Waals surface area (Å²) in [6.45, 7) is 2.72. The van der Waals surface area contributed by atoms with Crippen molar-refractivity contribution in [1.82, 2.24) is 18.8 Å². The zero-order chi connectivity index (χ0) is 28.7. The number of nitrogens with zero attached hydrogens (tertiary/aromatic N) is 5. The van der Waals surface area contributed by atoms with E-state index in [9.17, 15) is 14.0 Å². The summed E-state index contributed by atoms with van der Waals surface area (Å²) in [5.41, 5.74) is 8.95. The molecule has 208 valence electrons. The average molecular weight is 565 g/mol. The molecule has 0 fully saturated rings. The number of carbonyl (C=O) groups is 2. The maximum absolute atomic E-state index is 14.5. The SMILES string of the molecule is COc1cc2c(cc1Nc1nc(Nc3cccc(F)c3C(N)=O)c3c(C)cn(S)c3n1)N(C(=O)CN(C)C)CC2. The zero-order valence-electron chi connectivity index (χ0n) is 22.4. The fraction of sp³-hybridized carbons (Fsp3) is 0.259. The lowest BCUT2D eigenvalue weighted by Gasteiger charge is -2.21. The van der Waals surface area contributed by atoms with Gasteiger partial charge in [0.1, 0.15) is 17.4 Å². The Morgan fingerprint density at radius 3 is 2.67 bits per heavy atom. The Hall–Kier alpha value is -4.36. The highest BCUT2D eigenvalue weighted by Crippen LogP contribution is 2.39. The topological polar surface area (TPSA) is 131 Å². The third-order valence-corrected chi connectivity index (χ3v) is 6.93. The molecule has 1 aliphatic heterocycles. The predicted octanol–water partition coefficient (Wildman–Crippen LogP) is 3.62. The molecule has 40 heavy (non-hydrogen) atoms. The lowest BCUT2D eigenvalue weighted by molar-refractivity contribution is -0.119. The van der Waals surface area contributed by atoms with Crippen LogP contribution in [0.15, 0.2) is 36.5 Å². The number of thiol groups is 1. The van der Waals surface area contributed by atoms with Crippen LogP contribution in [0.5, 0.6) is 5.75 Å². The van der Waals surface area contributed by atoms with E-state index in [1.54, 1.807) is 28.2 Å². The van der Waals surface area contributed by atoms with Gasteiger partial charge in [0.15, 0.2) is 5.65 Å². The molecule has 0 spiro atoms. The number of fused-ring (bicyclic) bond motifs is 2. The zero-order valence-corrected chi connectivity index (χ0v) is 23.3. The minimum Gasteiger partial charge on any atom is -0.495 e. The summed E-state index contributed by atoms with van der Waals surface area (Å²) in [7, 11) is 5.26. The summed E-state index contributed by atoms with van der Waals surface area (Å²) in [6.07, 6.45) is 2.48. The second-order valence-corrected chi connectivity index (χ2v) is 10.2. The van der Waals surface area contributed by atoms with Gasteiger partial charge < -0.3 is 30.9 Å². The van der Waals surface area contributed by atoms with Gasteiger partial charge in [0.25, 0.3) is 5.91 Å². The molecule has 5 rings (SSSR count). The lowest BCUT2D eigenvalue weighted by atomic mass is 10.1. The number of rotatable bonds is 8. The van der Waals surface area contributed by atoms with Gasteiger partial charge in [-0.3, -0.25) is 13.6 Å². The highest BCUT2D eigenvalue weighted by molar-refractivity contribution is 7.78. The number of likely N-dealkylation sites (N-methyl/N-ethyl adjacent to an activating group) is 1. The van der Waals surface area contributed by atoms with Crippen molar-refractivity contribution >= 4 is 64.5 Å². The normalized spacial score (nSPS) is 12.6. The third kappa shape index (κ3) is 5.00. The van der Waals surface area contributed by atoms with E-state index in [-0.39, 0.29) is 29.7 Å². The molecule has 2 aromatic carbocycles. The summed E-state index contributed by atoms with van der Waals surface area (Å²) in [6, 6.07) is 7.92. The average Bonchev–Trinajstić information content (AvgIpc) is 3.42. The van der Waals surface area contributed by atoms with Gasteiger partial charge in [0.2, 0.25) is 11.9 Å². The number of hydrogen-bond acceptors (Lipinski definition) is 9. The Morgan fingerprint density at radius 1 is 1.20 bits per heavy atom. The molecule has 0 aliphatic carbocycles. The molecule has 0 radical (unpaired) electrons. The number of amides is 2. The van der Waals surface area contributed by atoms with E-state index in [4.69, 9.17) is 10.5 Å². The first-order valence-corrected chi connectivity index (χ1v) is 12.8. The van der Waals surface area contributed by atoms with Crippen molar-refractivity contribution in [2.75, 3.05) is 49.8 Å². The van der Waals surface area contributed by atoms with Crippen LogP contribution in [0, 0.1) is 12.7 Å². The molecule has 4 aromatic rings. The first-order valence-electron chi connectivity index (χ1n) is 12.4. The number of methoxy groups -OCH3 is 1. The van der Waals surface area contributed by atoms with E-state index in [0.29, 0.717) is 41.3 Å². The van der Waals surface area contributed by atoms with Gasteiger partial charge >= 0.3 is 0 Å². The van der Waals surface area contributed by atoms with Crippen molar-refractivity contribution in [1.29, 1.82) is 0 Å². The molecule has 0 atom stereocenters. The predicted molar refractivity (Wildman–Crippen MR) is 156 cm³/mol. The molecule has 3 heterocycles. The molecule has 13 heteroatoms. The van der Waals surface area contributed by atoms with Crippen LogP contribution in [-0.4, -0.2) is 64.9 Å². The van der Waals surface area contributed by atoms with Crippen molar-refractivity contribution in [3.05, 3.63) is 59.0 Å². The Labute approximate surface area is 235 Å². The quantitative estimate of drug-likeness (QED) is 0.239. The van der Waals surface area contributed by atoms with E-state index in [1.165, 1.54) is 6.07 Å². The summed E-state index contributed by atoms with van der Waals surface area (Å²) < 4.78 is 21.7. The van der Waals surface area contributed by atoms with Gasteiger partial charge in [-0.2, -0.15) is 9.97 Å². The third-order valence-electron chi connectivity index (χ3n) is 6.63. The van der Waals surface area contributed by atoms with E-state index in [0.717, 1.165) is 22.9 Å². The minimum atomic E-state index is -0.913. The number of anilines is 5. The maximum Gasteiger partial charge on any atom is 0.253 e. The van der Waals surface area contributed by atoms with E-state index >= 15 is 0 Å². The number of aromatic nitrogens is 3. The van der Waals surface area contributed by atoms with Gasteiger partial charge in [-0.15, -0.1) is 0 Å². The van der Waals surface area contributed by atoms with E-state index in [2.05, 4.69) is 33.4 Å². The minimum absolute atomic E-state index is 0.00672. The Balaban J connectivity index is 1.58. The number of nitrogens with two attached hydrogens (primary N) is 1. The number of benzene rings is 2. The second kappa shape index (κ2) is 10.7. The fourth-order valence-corrected chi connectivity index (χ4v) is 5.17. The van der Waals surface area contributed by atoms with Crippen LogP contribution in [0.3, 0.4) is 0 Å². The molecule has 0 saturated heterocycles. The molecular formula is C27H29FN8O3S. The number of aryl methyl sites for hydroxylation is 1. The van der Waals surface area contributed by atoms with Crippen molar-refractivity contribution in [2.24, 2.45) is 5.73 Å².